The Morgan fingerprint density at radius 2 is 2.04 bits per heavy atom. The van der Waals surface area contributed by atoms with Gasteiger partial charge in [-0.2, -0.15) is 4.37 Å². The van der Waals surface area contributed by atoms with Gasteiger partial charge in [-0.05, 0) is 12.5 Å². The van der Waals surface area contributed by atoms with E-state index in [1.165, 1.54) is 23.8 Å². The number of hydrogen-bond donors (Lipinski definition) is 0. The van der Waals surface area contributed by atoms with E-state index in [1.54, 1.807) is 6.07 Å². The number of hydrogen-bond acceptors (Lipinski definition) is 8. The van der Waals surface area contributed by atoms with Crippen LogP contribution in [0.25, 0.3) is 0 Å². The normalized spacial score (nSPS) is 15.5. The quantitative estimate of drug-likeness (QED) is 0.625. The number of rotatable bonds is 4. The molecule has 1 saturated heterocycles. The Bertz CT molecular complexity index is 674. The first-order chi connectivity index (χ1) is 11.2. The van der Waals surface area contributed by atoms with E-state index in [0.717, 1.165) is 55.8 Å². The van der Waals surface area contributed by atoms with Crippen LogP contribution in [-0.2, 0) is 6.42 Å². The molecule has 9 heteroatoms. The molecule has 0 unspecified atom stereocenters. The monoisotopic (exact) mass is 334 g/mol. The summed E-state index contributed by atoms with van der Waals surface area (Å²) in [6.07, 6.45) is 3.15. The minimum absolute atomic E-state index is 0.0196. The van der Waals surface area contributed by atoms with Gasteiger partial charge in [0.2, 0.25) is 5.13 Å². The van der Waals surface area contributed by atoms with Gasteiger partial charge < -0.3 is 9.80 Å². The van der Waals surface area contributed by atoms with Crippen LogP contribution >= 0.6 is 11.5 Å². The molecular formula is C14H18N6O2S. The topological polar surface area (TPSA) is 88.3 Å². The zero-order valence-corrected chi connectivity index (χ0v) is 13.7. The second-order valence-corrected chi connectivity index (χ2v) is 6.04. The van der Waals surface area contributed by atoms with Crippen molar-refractivity contribution in [3.05, 3.63) is 34.3 Å². The van der Waals surface area contributed by atoms with Gasteiger partial charge >= 0.3 is 0 Å². The highest BCUT2D eigenvalue weighted by molar-refractivity contribution is 7.09. The molecule has 2 aromatic rings. The van der Waals surface area contributed by atoms with Crippen LogP contribution in [0.2, 0.25) is 0 Å². The molecule has 0 aliphatic carbocycles. The second kappa shape index (κ2) is 6.86. The van der Waals surface area contributed by atoms with Crippen molar-refractivity contribution in [3.8, 4) is 0 Å². The van der Waals surface area contributed by atoms with Crippen LogP contribution in [-0.4, -0.2) is 45.4 Å². The van der Waals surface area contributed by atoms with Crippen LogP contribution in [0.15, 0.2) is 18.3 Å². The van der Waals surface area contributed by atoms with Gasteiger partial charge in [-0.15, -0.1) is 0 Å². The van der Waals surface area contributed by atoms with Crippen LogP contribution in [0.4, 0.5) is 16.6 Å². The van der Waals surface area contributed by atoms with Crippen molar-refractivity contribution in [2.75, 3.05) is 36.0 Å². The molecular weight excluding hydrogens is 316 g/mol. The molecule has 1 aliphatic rings. The summed E-state index contributed by atoms with van der Waals surface area (Å²) in [5, 5.41) is 11.7. The SMILES string of the molecule is CCc1nsc(N2CCCN(c3ccc([N+](=O)[O-])cn3)CC2)n1. The van der Waals surface area contributed by atoms with Crippen molar-refractivity contribution in [3.63, 3.8) is 0 Å². The molecule has 0 amide bonds. The summed E-state index contributed by atoms with van der Waals surface area (Å²) in [4.78, 5) is 23.5. The summed E-state index contributed by atoms with van der Waals surface area (Å²) in [6.45, 7) is 5.52. The zero-order chi connectivity index (χ0) is 16.2. The third-order valence-electron chi connectivity index (χ3n) is 3.81. The molecule has 122 valence electrons. The number of aromatic nitrogens is 3. The molecule has 0 bridgehead atoms. The predicted molar refractivity (Wildman–Crippen MR) is 89.2 cm³/mol. The fourth-order valence-corrected chi connectivity index (χ4v) is 3.33. The molecule has 0 spiro atoms. The second-order valence-electron chi connectivity index (χ2n) is 5.31. The molecule has 0 aromatic carbocycles. The first-order valence-electron chi connectivity index (χ1n) is 7.60. The lowest BCUT2D eigenvalue weighted by Crippen LogP contribution is -2.31. The summed E-state index contributed by atoms with van der Waals surface area (Å²) < 4.78 is 4.34. The Kier molecular flexibility index (Phi) is 4.65. The number of pyridine rings is 1. The fourth-order valence-electron chi connectivity index (χ4n) is 2.53. The van der Waals surface area contributed by atoms with Crippen molar-refractivity contribution in [2.24, 2.45) is 0 Å². The molecule has 0 saturated carbocycles. The van der Waals surface area contributed by atoms with Crippen LogP contribution in [0.1, 0.15) is 19.2 Å². The highest BCUT2D eigenvalue weighted by Crippen LogP contribution is 2.22. The van der Waals surface area contributed by atoms with Crippen molar-refractivity contribution < 1.29 is 4.92 Å². The molecule has 0 radical (unpaired) electrons. The van der Waals surface area contributed by atoms with E-state index in [1.807, 2.05) is 0 Å². The molecule has 0 N–H and O–H groups in total. The number of anilines is 2. The molecule has 2 aromatic heterocycles. The average Bonchev–Trinajstić information content (AvgIpc) is 2.92. The van der Waals surface area contributed by atoms with Gasteiger partial charge in [0.1, 0.15) is 17.8 Å². The van der Waals surface area contributed by atoms with Gasteiger partial charge in [0.15, 0.2) is 0 Å². The highest BCUT2D eigenvalue weighted by Gasteiger charge is 2.19. The van der Waals surface area contributed by atoms with E-state index in [9.17, 15) is 10.1 Å². The molecule has 8 nitrogen and oxygen atoms in total. The Hall–Kier alpha value is -2.29. The summed E-state index contributed by atoms with van der Waals surface area (Å²) in [7, 11) is 0. The van der Waals surface area contributed by atoms with Gasteiger partial charge in [-0.3, -0.25) is 10.1 Å². The Balaban J connectivity index is 1.67. The Morgan fingerprint density at radius 3 is 2.70 bits per heavy atom. The van der Waals surface area contributed by atoms with Gasteiger partial charge in [0, 0.05) is 50.2 Å². The summed E-state index contributed by atoms with van der Waals surface area (Å²) in [5.74, 6) is 1.67. The maximum atomic E-state index is 10.7. The number of nitrogens with zero attached hydrogens (tertiary/aromatic N) is 6. The van der Waals surface area contributed by atoms with Crippen molar-refractivity contribution in [2.45, 2.75) is 19.8 Å². The van der Waals surface area contributed by atoms with Crippen molar-refractivity contribution in [1.29, 1.82) is 0 Å². The van der Waals surface area contributed by atoms with Crippen molar-refractivity contribution >= 4 is 28.2 Å². The molecule has 3 rings (SSSR count). The smallest absolute Gasteiger partial charge is 0.287 e. The average molecular weight is 334 g/mol. The number of aryl methyl sites for hydroxylation is 1. The van der Waals surface area contributed by atoms with Crippen LogP contribution in [0.3, 0.4) is 0 Å². The Labute approximate surface area is 138 Å². The standard InChI is InChI=1S/C14H18N6O2S/c1-2-12-16-14(23-17-12)19-7-3-6-18(8-9-19)13-5-4-11(10-15-13)20(21)22/h4-5,10H,2-3,6-9H2,1H3. The third-order valence-corrected chi connectivity index (χ3v) is 4.62. The molecule has 3 heterocycles. The molecule has 23 heavy (non-hydrogen) atoms. The lowest BCUT2D eigenvalue weighted by atomic mass is 10.3. The fraction of sp³-hybridized carbons (Fsp3) is 0.500. The zero-order valence-electron chi connectivity index (χ0n) is 12.9. The van der Waals surface area contributed by atoms with E-state index < -0.39 is 4.92 Å². The lowest BCUT2D eigenvalue weighted by molar-refractivity contribution is -0.385. The van der Waals surface area contributed by atoms with E-state index in [-0.39, 0.29) is 5.69 Å². The predicted octanol–water partition coefficient (Wildman–Crippen LogP) is 2.12. The van der Waals surface area contributed by atoms with Crippen LogP contribution in [0, 0.1) is 10.1 Å². The molecule has 1 aliphatic heterocycles. The molecule has 1 fully saturated rings. The first-order valence-corrected chi connectivity index (χ1v) is 8.37. The van der Waals surface area contributed by atoms with Gasteiger partial charge in [0.25, 0.3) is 5.69 Å². The van der Waals surface area contributed by atoms with Crippen molar-refractivity contribution in [1.82, 2.24) is 14.3 Å². The van der Waals surface area contributed by atoms with Gasteiger partial charge in [-0.25, -0.2) is 9.97 Å². The lowest BCUT2D eigenvalue weighted by Gasteiger charge is -2.22. The summed E-state index contributed by atoms with van der Waals surface area (Å²) >= 11 is 1.45. The van der Waals surface area contributed by atoms with Gasteiger partial charge in [0.05, 0.1) is 4.92 Å². The number of nitro groups is 1. The van der Waals surface area contributed by atoms with Crippen LogP contribution < -0.4 is 9.80 Å². The third kappa shape index (κ3) is 3.55. The largest absolute Gasteiger partial charge is 0.355 e. The van der Waals surface area contributed by atoms with E-state index in [2.05, 4.69) is 31.1 Å². The van der Waals surface area contributed by atoms with E-state index in [4.69, 9.17) is 0 Å². The summed E-state index contributed by atoms with van der Waals surface area (Å²) in [5.41, 5.74) is 0.0196. The minimum atomic E-state index is -0.429. The maximum absolute atomic E-state index is 10.7. The summed E-state index contributed by atoms with van der Waals surface area (Å²) in [6, 6.07) is 3.22. The van der Waals surface area contributed by atoms with E-state index >= 15 is 0 Å². The minimum Gasteiger partial charge on any atom is -0.355 e. The highest BCUT2D eigenvalue weighted by atomic mass is 32.1. The Morgan fingerprint density at radius 1 is 1.26 bits per heavy atom. The van der Waals surface area contributed by atoms with Crippen LogP contribution in [0.5, 0.6) is 0 Å². The first kappa shape index (κ1) is 15.6. The van der Waals surface area contributed by atoms with Gasteiger partial charge in [-0.1, -0.05) is 6.92 Å². The maximum Gasteiger partial charge on any atom is 0.287 e. The molecule has 0 atom stereocenters. The van der Waals surface area contributed by atoms with E-state index in [0.29, 0.717) is 0 Å².